The smallest absolute Gasteiger partial charge is 0.150 e. The highest BCUT2D eigenvalue weighted by atomic mass is 127. The van der Waals surface area contributed by atoms with Gasteiger partial charge in [-0.05, 0) is 50.7 Å². The Hall–Kier alpha value is 0.650. The van der Waals surface area contributed by atoms with Crippen molar-refractivity contribution in [1.29, 1.82) is 0 Å². The Morgan fingerprint density at radius 1 is 1.50 bits per heavy atom. The Morgan fingerprint density at radius 2 is 2.10 bits per heavy atom. The van der Waals surface area contributed by atoms with E-state index in [1.54, 1.807) is 6.07 Å². The second-order valence-electron chi connectivity index (χ2n) is 1.68. The molecule has 10 heavy (non-hydrogen) atoms. The average molecular weight is 335 g/mol. The molecule has 1 aromatic carbocycles. The van der Waals surface area contributed by atoms with Gasteiger partial charge in [-0.2, -0.15) is 0 Å². The summed E-state index contributed by atoms with van der Waals surface area (Å²) in [6.07, 6.45) is 0. The molecule has 0 spiro atoms. The van der Waals surface area contributed by atoms with Crippen LogP contribution in [0, 0.1) is 9.39 Å². The van der Waals surface area contributed by atoms with Crippen molar-refractivity contribution in [3.63, 3.8) is 0 Å². The molecule has 0 nitrogen and oxygen atoms in total. The molecule has 0 aromatic heterocycles. The first-order valence-corrected chi connectivity index (χ1v) is 4.66. The molecule has 1 rings (SSSR count). The van der Waals surface area contributed by atoms with Crippen LogP contribution in [0.5, 0.6) is 0 Å². The topological polar surface area (TPSA) is 0 Å². The molecule has 0 saturated heterocycles. The monoisotopic (exact) mass is 334 g/mol. The van der Waals surface area contributed by atoms with E-state index in [0.717, 1.165) is 0 Å². The number of benzene rings is 1. The largest absolute Gasteiger partial charge is 0.205 e. The molecule has 0 amide bonds. The van der Waals surface area contributed by atoms with Crippen molar-refractivity contribution in [2.24, 2.45) is 0 Å². The van der Waals surface area contributed by atoms with Gasteiger partial charge < -0.3 is 0 Å². The summed E-state index contributed by atoms with van der Waals surface area (Å²) in [5.41, 5.74) is 0. The molecule has 0 aliphatic heterocycles. The zero-order valence-corrected chi connectivity index (χ0v) is 9.17. The van der Waals surface area contributed by atoms with Crippen LogP contribution >= 0.6 is 50.1 Å². The van der Waals surface area contributed by atoms with Gasteiger partial charge in [0.05, 0.1) is 8.04 Å². The summed E-state index contributed by atoms with van der Waals surface area (Å²) in [5, 5.41) is 0.540. The van der Waals surface area contributed by atoms with Crippen molar-refractivity contribution in [2.45, 2.75) is 0 Å². The van der Waals surface area contributed by atoms with Crippen LogP contribution in [0.2, 0.25) is 5.02 Å². The van der Waals surface area contributed by atoms with Gasteiger partial charge >= 0.3 is 0 Å². The third-order valence-corrected chi connectivity index (χ3v) is 2.53. The van der Waals surface area contributed by atoms with Crippen LogP contribution in [0.1, 0.15) is 0 Å². The third kappa shape index (κ3) is 1.83. The van der Waals surface area contributed by atoms with Crippen molar-refractivity contribution in [1.82, 2.24) is 0 Å². The maximum Gasteiger partial charge on any atom is 0.150 e. The van der Waals surface area contributed by atoms with Crippen LogP contribution < -0.4 is 0 Å². The average Bonchev–Trinajstić information content (AvgIpc) is 1.82. The van der Waals surface area contributed by atoms with Crippen molar-refractivity contribution < 1.29 is 4.39 Å². The second-order valence-corrected chi connectivity index (χ2v) is 4.14. The summed E-state index contributed by atoms with van der Waals surface area (Å²) in [6.45, 7) is 0. The molecule has 4 heteroatoms. The van der Waals surface area contributed by atoms with Crippen molar-refractivity contribution in [3.8, 4) is 0 Å². The van der Waals surface area contributed by atoms with Gasteiger partial charge in [0.15, 0.2) is 5.82 Å². The number of hydrogen-bond acceptors (Lipinski definition) is 0. The fourth-order valence-electron chi connectivity index (χ4n) is 0.525. The van der Waals surface area contributed by atoms with Gasteiger partial charge in [-0.15, -0.1) is 0 Å². The molecule has 54 valence electrons. The van der Waals surface area contributed by atoms with E-state index in [1.165, 1.54) is 6.07 Å². The number of rotatable bonds is 0. The lowest BCUT2D eigenvalue weighted by atomic mass is 10.3. The summed E-state index contributed by atoms with van der Waals surface area (Å²) in [5.74, 6) is -0.259. The number of hydrogen-bond donors (Lipinski definition) is 0. The maximum atomic E-state index is 12.8. The Labute approximate surface area is 85.0 Å². The first-order chi connectivity index (χ1) is 4.61. The lowest BCUT2D eigenvalue weighted by Gasteiger charge is -1.97. The molecule has 0 aliphatic carbocycles. The molecule has 0 unspecified atom stereocenters. The quantitative estimate of drug-likeness (QED) is 0.384. The summed E-state index contributed by atoms with van der Waals surface area (Å²) in [7, 11) is 0. The Bertz CT molecular complexity index is 241. The van der Waals surface area contributed by atoms with E-state index >= 15 is 0 Å². The molecule has 0 N–H and O–H groups in total. The minimum atomic E-state index is -0.259. The van der Waals surface area contributed by atoms with Gasteiger partial charge in [0.25, 0.3) is 0 Å². The minimum absolute atomic E-state index is 0.259. The summed E-state index contributed by atoms with van der Waals surface area (Å²) < 4.78 is 13.7. The lowest BCUT2D eigenvalue weighted by Crippen LogP contribution is -1.82. The normalized spacial score (nSPS) is 10.0. The van der Waals surface area contributed by atoms with Crippen molar-refractivity contribution in [3.05, 3.63) is 31.0 Å². The Kier molecular flexibility index (Phi) is 2.94. The predicted molar refractivity (Wildman–Crippen MR) is 51.8 cm³/mol. The molecule has 1 aromatic rings. The van der Waals surface area contributed by atoms with E-state index in [1.807, 2.05) is 22.6 Å². The van der Waals surface area contributed by atoms with E-state index in [2.05, 4.69) is 15.9 Å². The fourth-order valence-corrected chi connectivity index (χ4v) is 2.52. The highest BCUT2D eigenvalue weighted by Crippen LogP contribution is 2.24. The van der Waals surface area contributed by atoms with Crippen LogP contribution in [0.4, 0.5) is 4.39 Å². The molecule has 0 saturated carbocycles. The summed E-state index contributed by atoms with van der Waals surface area (Å²) >= 11 is 10.5. The van der Waals surface area contributed by atoms with Crippen LogP contribution in [0.25, 0.3) is 0 Å². The van der Waals surface area contributed by atoms with E-state index < -0.39 is 0 Å². The first kappa shape index (κ1) is 8.74. The predicted octanol–water partition coefficient (Wildman–Crippen LogP) is 3.85. The molecular weight excluding hydrogens is 333 g/mol. The summed E-state index contributed by atoms with van der Waals surface area (Å²) in [4.78, 5) is 0. The molecule has 0 aliphatic rings. The van der Waals surface area contributed by atoms with Gasteiger partial charge in [0.1, 0.15) is 0 Å². The first-order valence-electron chi connectivity index (χ1n) is 2.41. The SMILES string of the molecule is Fc1c(Br)cc(Cl)cc1I. The van der Waals surface area contributed by atoms with Gasteiger partial charge in [0, 0.05) is 5.02 Å². The third-order valence-electron chi connectivity index (χ3n) is 0.949. The van der Waals surface area contributed by atoms with Crippen molar-refractivity contribution >= 4 is 50.1 Å². The van der Waals surface area contributed by atoms with Crippen molar-refractivity contribution in [2.75, 3.05) is 0 Å². The van der Waals surface area contributed by atoms with Crippen LogP contribution in [0.3, 0.4) is 0 Å². The lowest BCUT2D eigenvalue weighted by molar-refractivity contribution is 0.613. The Balaban J connectivity index is 3.31. The highest BCUT2D eigenvalue weighted by Gasteiger charge is 2.04. The van der Waals surface area contributed by atoms with Crippen LogP contribution in [0.15, 0.2) is 16.6 Å². The zero-order chi connectivity index (χ0) is 7.72. The molecule has 0 atom stereocenters. The second kappa shape index (κ2) is 3.36. The highest BCUT2D eigenvalue weighted by molar-refractivity contribution is 14.1. The summed E-state index contributed by atoms with van der Waals surface area (Å²) in [6, 6.07) is 3.10. The van der Waals surface area contributed by atoms with Gasteiger partial charge in [-0.1, -0.05) is 11.6 Å². The Morgan fingerprint density at radius 3 is 2.60 bits per heavy atom. The van der Waals surface area contributed by atoms with E-state index in [4.69, 9.17) is 11.6 Å². The maximum absolute atomic E-state index is 12.8. The zero-order valence-electron chi connectivity index (χ0n) is 4.67. The molecular formula is C6H2BrClFI. The van der Waals surface area contributed by atoms with Gasteiger partial charge in [-0.25, -0.2) is 4.39 Å². The van der Waals surface area contributed by atoms with E-state index in [9.17, 15) is 4.39 Å². The molecule has 0 bridgehead atoms. The number of halogens is 4. The van der Waals surface area contributed by atoms with Gasteiger partial charge in [-0.3, -0.25) is 0 Å². The molecule has 0 heterocycles. The molecule has 0 fully saturated rings. The van der Waals surface area contributed by atoms with Crippen LogP contribution in [-0.2, 0) is 0 Å². The molecule has 0 radical (unpaired) electrons. The van der Waals surface area contributed by atoms with E-state index in [-0.39, 0.29) is 5.82 Å². The van der Waals surface area contributed by atoms with Gasteiger partial charge in [0.2, 0.25) is 0 Å². The van der Waals surface area contributed by atoms with Crippen LogP contribution in [-0.4, -0.2) is 0 Å². The fraction of sp³-hybridized carbons (Fsp3) is 0. The minimum Gasteiger partial charge on any atom is -0.205 e. The van der Waals surface area contributed by atoms with E-state index in [0.29, 0.717) is 13.1 Å². The standard InChI is InChI=1S/C6H2BrClFI/c7-4-1-3(8)2-5(10)6(4)9/h1-2H.